The first-order valence-electron chi connectivity index (χ1n) is 11.5. The van der Waals surface area contributed by atoms with Crippen molar-refractivity contribution in [3.8, 4) is 22.3 Å². The molecule has 0 radical (unpaired) electrons. The second-order valence-electron chi connectivity index (χ2n) is 8.74. The molecule has 4 rings (SSSR count). The van der Waals surface area contributed by atoms with Crippen LogP contribution in [0, 0.1) is 17.5 Å². The topological polar surface area (TPSA) is 0 Å². The maximum absolute atomic E-state index is 14.8. The van der Waals surface area contributed by atoms with Crippen molar-refractivity contribution in [1.29, 1.82) is 0 Å². The van der Waals surface area contributed by atoms with Crippen LogP contribution in [0.25, 0.3) is 28.1 Å². The molecule has 0 aliphatic rings. The van der Waals surface area contributed by atoms with E-state index in [2.05, 4.69) is 0 Å². The van der Waals surface area contributed by atoms with Crippen LogP contribution in [0.1, 0.15) is 29.2 Å². The van der Waals surface area contributed by atoms with Gasteiger partial charge in [0.15, 0.2) is 5.83 Å². The van der Waals surface area contributed by atoms with Crippen molar-refractivity contribution in [2.24, 2.45) is 0 Å². The van der Waals surface area contributed by atoms with Crippen LogP contribution in [0.4, 0.5) is 35.1 Å². The standard InChI is InChI=1S/C30H20F8/c1-17(31)29(35)23-11-8-20(9-12-23)19-4-6-21(7-5-19)24-13-10-22(25(32)16-24)3-2-18-14-26(33)28(27(34)15-18)30(36,37)38/h4-16H,2-3H2,1H3. The van der Waals surface area contributed by atoms with Crippen LogP contribution in [0.5, 0.6) is 0 Å². The normalized spacial score (nSPS) is 12.4. The Morgan fingerprint density at radius 1 is 0.605 bits per heavy atom. The minimum Gasteiger partial charge on any atom is -0.209 e. The van der Waals surface area contributed by atoms with E-state index in [1.807, 2.05) is 0 Å². The lowest BCUT2D eigenvalue weighted by atomic mass is 9.97. The van der Waals surface area contributed by atoms with Crippen LogP contribution in [-0.4, -0.2) is 0 Å². The second-order valence-corrected chi connectivity index (χ2v) is 8.74. The monoisotopic (exact) mass is 532 g/mol. The molecule has 0 aromatic heterocycles. The van der Waals surface area contributed by atoms with Gasteiger partial charge < -0.3 is 0 Å². The van der Waals surface area contributed by atoms with E-state index < -0.39 is 40.8 Å². The summed E-state index contributed by atoms with van der Waals surface area (Å²) in [5, 5.41) is 0. The summed E-state index contributed by atoms with van der Waals surface area (Å²) in [5.74, 6) is -5.80. The van der Waals surface area contributed by atoms with E-state index in [4.69, 9.17) is 0 Å². The van der Waals surface area contributed by atoms with Crippen molar-refractivity contribution in [3.63, 3.8) is 0 Å². The number of allylic oxidation sites excluding steroid dienone is 1. The molecule has 0 saturated heterocycles. The number of hydrogen-bond acceptors (Lipinski definition) is 0. The summed E-state index contributed by atoms with van der Waals surface area (Å²) >= 11 is 0. The van der Waals surface area contributed by atoms with Gasteiger partial charge in [-0.2, -0.15) is 13.2 Å². The van der Waals surface area contributed by atoms with Gasteiger partial charge in [-0.25, -0.2) is 22.0 Å². The fraction of sp³-hybridized carbons (Fsp3) is 0.133. The summed E-state index contributed by atoms with van der Waals surface area (Å²) in [7, 11) is 0. The van der Waals surface area contributed by atoms with E-state index in [-0.39, 0.29) is 29.5 Å². The predicted molar refractivity (Wildman–Crippen MR) is 131 cm³/mol. The van der Waals surface area contributed by atoms with E-state index in [9.17, 15) is 35.1 Å². The number of benzene rings is 4. The van der Waals surface area contributed by atoms with Crippen LogP contribution >= 0.6 is 0 Å². The van der Waals surface area contributed by atoms with E-state index in [1.165, 1.54) is 24.3 Å². The summed E-state index contributed by atoms with van der Waals surface area (Å²) < 4.78 is 107. The number of hydrogen-bond donors (Lipinski definition) is 0. The van der Waals surface area contributed by atoms with Crippen LogP contribution < -0.4 is 0 Å². The van der Waals surface area contributed by atoms with Gasteiger partial charge in [0.2, 0.25) is 0 Å². The first-order chi connectivity index (χ1) is 17.9. The van der Waals surface area contributed by atoms with Crippen LogP contribution in [-0.2, 0) is 19.0 Å². The van der Waals surface area contributed by atoms with Gasteiger partial charge in [0.25, 0.3) is 0 Å². The molecule has 0 bridgehead atoms. The van der Waals surface area contributed by atoms with Gasteiger partial charge in [-0.05, 0) is 71.3 Å². The van der Waals surface area contributed by atoms with E-state index in [0.29, 0.717) is 23.3 Å². The summed E-state index contributed by atoms with van der Waals surface area (Å²) in [6, 6.07) is 19.2. The Bertz CT molecular complexity index is 1450. The molecule has 0 amide bonds. The quantitative estimate of drug-likeness (QED) is 0.217. The van der Waals surface area contributed by atoms with Gasteiger partial charge in [-0.1, -0.05) is 60.7 Å². The molecular formula is C30H20F8. The molecule has 0 atom stereocenters. The maximum atomic E-state index is 14.8. The van der Waals surface area contributed by atoms with Crippen molar-refractivity contribution in [3.05, 3.63) is 124 Å². The molecule has 8 heteroatoms. The summed E-state index contributed by atoms with van der Waals surface area (Å²) in [6.07, 6.45) is -5.17. The lowest BCUT2D eigenvalue weighted by Gasteiger charge is -2.12. The Morgan fingerprint density at radius 2 is 1.08 bits per heavy atom. The molecule has 196 valence electrons. The fourth-order valence-corrected chi connectivity index (χ4v) is 4.11. The minimum absolute atomic E-state index is 0.0151. The first kappa shape index (κ1) is 27.1. The molecule has 0 aliphatic carbocycles. The Labute approximate surface area is 213 Å². The number of halogens is 8. The molecule has 0 N–H and O–H groups in total. The zero-order valence-electron chi connectivity index (χ0n) is 19.9. The Kier molecular flexibility index (Phi) is 7.71. The lowest BCUT2D eigenvalue weighted by molar-refractivity contribution is -0.142. The second kappa shape index (κ2) is 10.8. The summed E-state index contributed by atoms with van der Waals surface area (Å²) in [4.78, 5) is 0. The van der Waals surface area contributed by atoms with Crippen molar-refractivity contribution < 1.29 is 35.1 Å². The fourth-order valence-electron chi connectivity index (χ4n) is 4.11. The van der Waals surface area contributed by atoms with Gasteiger partial charge in [0.05, 0.1) is 0 Å². The van der Waals surface area contributed by atoms with Crippen molar-refractivity contribution in [1.82, 2.24) is 0 Å². The highest BCUT2D eigenvalue weighted by Gasteiger charge is 2.37. The van der Waals surface area contributed by atoms with Crippen molar-refractivity contribution in [2.75, 3.05) is 0 Å². The zero-order valence-corrected chi connectivity index (χ0v) is 19.9. The molecular weight excluding hydrogens is 512 g/mol. The largest absolute Gasteiger partial charge is 0.422 e. The smallest absolute Gasteiger partial charge is 0.209 e. The molecule has 0 unspecified atom stereocenters. The third-order valence-corrected chi connectivity index (χ3v) is 6.11. The zero-order chi connectivity index (χ0) is 27.6. The molecule has 38 heavy (non-hydrogen) atoms. The molecule has 0 aliphatic heterocycles. The molecule has 4 aromatic rings. The van der Waals surface area contributed by atoms with E-state index >= 15 is 0 Å². The van der Waals surface area contributed by atoms with Gasteiger partial charge in [0, 0.05) is 5.56 Å². The third kappa shape index (κ3) is 5.96. The Morgan fingerprint density at radius 3 is 1.55 bits per heavy atom. The highest BCUT2D eigenvalue weighted by atomic mass is 19.4. The van der Waals surface area contributed by atoms with E-state index in [1.54, 1.807) is 42.5 Å². The highest BCUT2D eigenvalue weighted by Crippen LogP contribution is 2.34. The molecule has 0 heterocycles. The van der Waals surface area contributed by atoms with Gasteiger partial charge in [-0.3, -0.25) is 0 Å². The van der Waals surface area contributed by atoms with Crippen molar-refractivity contribution >= 4 is 5.83 Å². The van der Waals surface area contributed by atoms with Crippen molar-refractivity contribution in [2.45, 2.75) is 25.9 Å². The van der Waals surface area contributed by atoms with Gasteiger partial charge >= 0.3 is 6.18 Å². The molecule has 0 saturated carbocycles. The average molecular weight is 532 g/mol. The van der Waals surface area contributed by atoms with E-state index in [0.717, 1.165) is 18.1 Å². The molecule has 0 fully saturated rings. The molecule has 0 spiro atoms. The lowest BCUT2D eigenvalue weighted by Crippen LogP contribution is -2.12. The summed E-state index contributed by atoms with van der Waals surface area (Å²) in [6.45, 7) is 1.04. The first-order valence-corrected chi connectivity index (χ1v) is 11.5. The Hall–Kier alpha value is -3.94. The SMILES string of the molecule is CC(F)=C(F)c1ccc(-c2ccc(-c3ccc(CCc4cc(F)c(C(F)(F)F)c(F)c4)c(F)c3)cc2)cc1. The van der Waals surface area contributed by atoms with Crippen LogP contribution in [0.15, 0.2) is 84.7 Å². The maximum Gasteiger partial charge on any atom is 0.422 e. The predicted octanol–water partition coefficient (Wildman–Crippen LogP) is 9.87. The molecule has 4 aromatic carbocycles. The van der Waals surface area contributed by atoms with Gasteiger partial charge in [-0.15, -0.1) is 0 Å². The van der Waals surface area contributed by atoms with Crippen LogP contribution in [0.3, 0.4) is 0 Å². The van der Waals surface area contributed by atoms with Gasteiger partial charge in [0.1, 0.15) is 28.8 Å². The number of rotatable bonds is 6. The molecule has 0 nitrogen and oxygen atoms in total. The highest BCUT2D eigenvalue weighted by molar-refractivity contribution is 5.72. The number of alkyl halides is 3. The number of aryl methyl sites for hydroxylation is 2. The third-order valence-electron chi connectivity index (χ3n) is 6.11. The summed E-state index contributed by atoms with van der Waals surface area (Å²) in [5.41, 5.74) is 1.30. The minimum atomic E-state index is -5.15. The average Bonchev–Trinajstić information content (AvgIpc) is 2.86. The van der Waals surface area contributed by atoms with Crippen LogP contribution in [0.2, 0.25) is 0 Å². The Balaban J connectivity index is 1.46.